The van der Waals surface area contributed by atoms with Crippen molar-refractivity contribution < 1.29 is 49.3 Å². The van der Waals surface area contributed by atoms with Crippen molar-refractivity contribution in [3.8, 4) is 5.75 Å². The van der Waals surface area contributed by atoms with Gasteiger partial charge in [-0.1, -0.05) is 43.4 Å². The van der Waals surface area contributed by atoms with Crippen LogP contribution in [0.2, 0.25) is 18.6 Å². The molecule has 0 bridgehead atoms. The van der Waals surface area contributed by atoms with E-state index in [9.17, 15) is 35.1 Å². The zero-order chi connectivity index (χ0) is 32.8. The molecule has 45 heavy (non-hydrogen) atoms. The molecule has 244 valence electrons. The SMILES string of the molecule is C=CCN1C(=O)[C@@]2(O[C@@H](CCO)[C@H]([Si](C)(C)c3ccc(OC)cc3)[C@H]2C)c2cc(NC(=O)[C@H]3O[C@@H](O)[C@H](O)[C@@H](O)[C@@H]3O)ccc21. The molecule has 0 aromatic heterocycles. The number of anilines is 2. The van der Waals surface area contributed by atoms with E-state index in [1.807, 2.05) is 19.1 Å². The van der Waals surface area contributed by atoms with Gasteiger partial charge >= 0.3 is 0 Å². The third kappa shape index (κ3) is 5.40. The average molecular weight is 643 g/mol. The molecule has 0 unspecified atom stereocenters. The van der Waals surface area contributed by atoms with Crippen molar-refractivity contribution in [2.45, 2.75) is 74.4 Å². The number of hydrogen-bond acceptors (Lipinski definition) is 10. The molecule has 2 saturated heterocycles. The van der Waals surface area contributed by atoms with Crippen LogP contribution in [0.1, 0.15) is 18.9 Å². The Balaban J connectivity index is 1.54. The topological polar surface area (TPSA) is 178 Å². The summed E-state index contributed by atoms with van der Waals surface area (Å²) < 4.78 is 17.3. The molecule has 3 aliphatic heterocycles. The van der Waals surface area contributed by atoms with Gasteiger partial charge in [-0.15, -0.1) is 6.58 Å². The minimum absolute atomic E-state index is 0.0861. The third-order valence-electron chi connectivity index (χ3n) is 9.67. The van der Waals surface area contributed by atoms with Crippen LogP contribution in [0.25, 0.3) is 0 Å². The lowest BCUT2D eigenvalue weighted by Crippen LogP contribution is -2.60. The summed E-state index contributed by atoms with van der Waals surface area (Å²) >= 11 is 0. The molecule has 9 atom stereocenters. The minimum Gasteiger partial charge on any atom is -0.497 e. The lowest BCUT2D eigenvalue weighted by molar-refractivity contribution is -0.274. The van der Waals surface area contributed by atoms with Gasteiger partial charge in [0.2, 0.25) is 0 Å². The second-order valence-electron chi connectivity index (χ2n) is 12.5. The highest BCUT2D eigenvalue weighted by Crippen LogP contribution is 2.60. The van der Waals surface area contributed by atoms with Gasteiger partial charge in [-0.05, 0) is 42.3 Å². The number of fused-ring (bicyclic) bond motifs is 2. The molecule has 2 aromatic carbocycles. The summed E-state index contributed by atoms with van der Waals surface area (Å²) in [6, 6.07) is 12.9. The number of methoxy groups -OCH3 is 1. The van der Waals surface area contributed by atoms with Crippen molar-refractivity contribution in [1.82, 2.24) is 0 Å². The number of nitrogens with one attached hydrogen (secondary N) is 1. The Bertz CT molecular complexity index is 1440. The van der Waals surface area contributed by atoms with Crippen LogP contribution in [0.5, 0.6) is 5.75 Å². The van der Waals surface area contributed by atoms with E-state index in [0.29, 0.717) is 17.7 Å². The number of benzene rings is 2. The Labute approximate surface area is 262 Å². The maximum Gasteiger partial charge on any atom is 0.264 e. The molecule has 3 aliphatic rings. The van der Waals surface area contributed by atoms with Crippen LogP contribution in [0, 0.1) is 5.92 Å². The molecular weight excluding hydrogens is 600 g/mol. The van der Waals surface area contributed by atoms with Gasteiger partial charge in [0.25, 0.3) is 11.8 Å². The summed E-state index contributed by atoms with van der Waals surface area (Å²) in [5.74, 6) is -0.716. The molecule has 0 aliphatic carbocycles. The normalized spacial score (nSPS) is 32.9. The van der Waals surface area contributed by atoms with Gasteiger partial charge in [0.1, 0.15) is 24.1 Å². The number of rotatable bonds is 9. The van der Waals surface area contributed by atoms with E-state index in [-0.39, 0.29) is 36.2 Å². The molecule has 6 N–H and O–H groups in total. The Morgan fingerprint density at radius 3 is 2.42 bits per heavy atom. The van der Waals surface area contributed by atoms with Crippen LogP contribution in [-0.2, 0) is 24.7 Å². The summed E-state index contributed by atoms with van der Waals surface area (Å²) in [5.41, 5.74) is -0.0958. The molecule has 2 fully saturated rings. The number of aliphatic hydroxyl groups is 5. The first-order chi connectivity index (χ1) is 21.3. The molecule has 12 nitrogen and oxygen atoms in total. The number of carbonyl (C=O) groups is 2. The Kier molecular flexibility index (Phi) is 9.28. The van der Waals surface area contributed by atoms with Crippen LogP contribution in [0.15, 0.2) is 55.1 Å². The number of nitrogens with zero attached hydrogens (tertiary/aromatic N) is 1. The van der Waals surface area contributed by atoms with Crippen molar-refractivity contribution in [3.05, 3.63) is 60.7 Å². The summed E-state index contributed by atoms with van der Waals surface area (Å²) in [4.78, 5) is 29.2. The van der Waals surface area contributed by atoms with E-state index in [4.69, 9.17) is 14.2 Å². The molecular formula is C32H42N2O10Si. The quantitative estimate of drug-likeness (QED) is 0.167. The predicted molar refractivity (Wildman–Crippen MR) is 168 cm³/mol. The molecule has 5 rings (SSSR count). The van der Waals surface area contributed by atoms with E-state index in [1.54, 1.807) is 36.3 Å². The van der Waals surface area contributed by atoms with E-state index in [0.717, 1.165) is 10.9 Å². The lowest BCUT2D eigenvalue weighted by Gasteiger charge is -2.37. The molecule has 3 heterocycles. The summed E-state index contributed by atoms with van der Waals surface area (Å²) in [5, 5.41) is 54.0. The van der Waals surface area contributed by atoms with Gasteiger partial charge in [-0.25, -0.2) is 0 Å². The van der Waals surface area contributed by atoms with Gasteiger partial charge in [-0.3, -0.25) is 9.59 Å². The van der Waals surface area contributed by atoms with Gasteiger partial charge in [0, 0.05) is 30.3 Å². The Morgan fingerprint density at radius 1 is 1.11 bits per heavy atom. The predicted octanol–water partition coefficient (Wildman–Crippen LogP) is 0.565. The number of hydrogen-bond donors (Lipinski definition) is 6. The van der Waals surface area contributed by atoms with Crippen molar-refractivity contribution in [2.24, 2.45) is 5.92 Å². The van der Waals surface area contributed by atoms with Gasteiger partial charge in [-0.2, -0.15) is 0 Å². The largest absolute Gasteiger partial charge is 0.497 e. The van der Waals surface area contributed by atoms with Crippen LogP contribution in [-0.4, -0.2) is 102 Å². The molecule has 0 saturated carbocycles. The average Bonchev–Trinajstić information content (AvgIpc) is 3.44. The Morgan fingerprint density at radius 2 is 1.80 bits per heavy atom. The summed E-state index contributed by atoms with van der Waals surface area (Å²) in [7, 11) is -0.771. The van der Waals surface area contributed by atoms with Gasteiger partial charge in [0.15, 0.2) is 18.0 Å². The van der Waals surface area contributed by atoms with Gasteiger partial charge < -0.3 is 50.0 Å². The first-order valence-corrected chi connectivity index (χ1v) is 18.1. The highest BCUT2D eigenvalue weighted by atomic mass is 28.3. The highest BCUT2D eigenvalue weighted by Gasteiger charge is 2.66. The first kappa shape index (κ1) is 33.2. The van der Waals surface area contributed by atoms with E-state index < -0.39 is 56.4 Å². The van der Waals surface area contributed by atoms with E-state index in [1.165, 1.54) is 0 Å². The van der Waals surface area contributed by atoms with E-state index >= 15 is 0 Å². The standard InChI is InChI=1S/C32H42N2O10Si/c1-6-14-34-22-12-7-18(33-29(39)27-25(37)24(36)26(38)30(40)43-27)16-21(22)32(31(34)41)17(2)28(23(44-32)13-15-35)45(4,5)20-10-8-19(42-3)9-11-20/h6-12,16-17,23-28,30,35-38,40H,1,13-15H2,2-5H3,(H,33,39)/t17-,23+,24+,25+,26-,27+,28-,30-,32+/m1/s1. The van der Waals surface area contributed by atoms with Crippen molar-refractivity contribution >= 4 is 36.4 Å². The smallest absolute Gasteiger partial charge is 0.264 e. The minimum atomic E-state index is -2.38. The van der Waals surface area contributed by atoms with Gasteiger partial charge in [0.05, 0.1) is 27.0 Å². The monoisotopic (exact) mass is 642 g/mol. The highest BCUT2D eigenvalue weighted by molar-refractivity contribution is 6.91. The Hall–Kier alpha value is -3.14. The summed E-state index contributed by atoms with van der Waals surface area (Å²) in [6.07, 6.45) is -7.40. The molecule has 2 aromatic rings. The zero-order valence-corrected chi connectivity index (χ0v) is 26.8. The second-order valence-corrected chi connectivity index (χ2v) is 17.2. The lowest BCUT2D eigenvalue weighted by atomic mass is 9.82. The maximum absolute atomic E-state index is 14.4. The zero-order valence-electron chi connectivity index (χ0n) is 25.8. The summed E-state index contributed by atoms with van der Waals surface area (Å²) in [6.45, 7) is 10.4. The van der Waals surface area contributed by atoms with Crippen LogP contribution >= 0.6 is 0 Å². The van der Waals surface area contributed by atoms with Crippen molar-refractivity contribution in [1.29, 1.82) is 0 Å². The fraction of sp³-hybridized carbons (Fsp3) is 0.500. The van der Waals surface area contributed by atoms with Crippen LogP contribution in [0.3, 0.4) is 0 Å². The van der Waals surface area contributed by atoms with Crippen molar-refractivity contribution in [3.63, 3.8) is 0 Å². The van der Waals surface area contributed by atoms with Crippen LogP contribution in [0.4, 0.5) is 11.4 Å². The molecule has 1 spiro atoms. The number of aliphatic hydroxyl groups excluding tert-OH is 5. The first-order valence-electron chi connectivity index (χ1n) is 15.0. The van der Waals surface area contributed by atoms with E-state index in [2.05, 4.69) is 37.1 Å². The second kappa shape index (κ2) is 12.6. The maximum atomic E-state index is 14.4. The third-order valence-corrected chi connectivity index (χ3v) is 14.0. The fourth-order valence-corrected chi connectivity index (χ4v) is 11.4. The number of amides is 2. The number of ether oxygens (including phenoxy) is 3. The van der Waals surface area contributed by atoms with Crippen molar-refractivity contribution in [2.75, 3.05) is 30.5 Å². The molecule has 13 heteroatoms. The molecule has 2 amide bonds. The number of carbonyl (C=O) groups excluding carboxylic acids is 2. The molecule has 0 radical (unpaired) electrons. The van der Waals surface area contributed by atoms with Crippen LogP contribution < -0.4 is 20.1 Å². The fourth-order valence-electron chi connectivity index (χ4n) is 7.39.